The smallest absolute Gasteiger partial charge is 0.247 e. The molecule has 1 heterocycles. The maximum Gasteiger partial charge on any atom is 0.257 e. The standard InChI is InChI=1S/C28H54N2/c1-5-8-11-13-14-15-16-17-19-21-26(4)30-25-24-29-28(30)27(22-18-10-7-3)23-20-12-9-6-2/h24-27H,5-23H2,1-4H3/p+1. The van der Waals surface area contributed by atoms with Gasteiger partial charge >= 0.3 is 0 Å². The number of hydrogen-bond donors (Lipinski definition) is 1. The molecule has 1 rings (SSSR count). The van der Waals surface area contributed by atoms with Crippen molar-refractivity contribution in [2.45, 2.75) is 162 Å². The number of hydrogen-bond acceptors (Lipinski definition) is 0. The van der Waals surface area contributed by atoms with E-state index in [0.717, 1.165) is 0 Å². The molecule has 30 heavy (non-hydrogen) atoms. The Morgan fingerprint density at radius 1 is 0.633 bits per heavy atom. The fourth-order valence-corrected chi connectivity index (χ4v) is 4.84. The summed E-state index contributed by atoms with van der Waals surface area (Å²) in [6.07, 6.45) is 30.9. The largest absolute Gasteiger partial charge is 0.257 e. The van der Waals surface area contributed by atoms with Gasteiger partial charge < -0.3 is 0 Å². The summed E-state index contributed by atoms with van der Waals surface area (Å²) in [5, 5.41) is 0. The van der Waals surface area contributed by atoms with Gasteiger partial charge in [-0.3, -0.25) is 0 Å². The van der Waals surface area contributed by atoms with Gasteiger partial charge in [-0.1, -0.05) is 117 Å². The zero-order chi connectivity index (χ0) is 21.9. The Balaban J connectivity index is 2.42. The first-order valence-corrected chi connectivity index (χ1v) is 13.8. The van der Waals surface area contributed by atoms with Crippen LogP contribution in [0, 0.1) is 0 Å². The second kappa shape index (κ2) is 18.9. The number of unbranched alkanes of at least 4 members (excludes halogenated alkanes) is 13. The first-order chi connectivity index (χ1) is 14.7. The molecule has 176 valence electrons. The highest BCUT2D eigenvalue weighted by molar-refractivity contribution is 4.90. The van der Waals surface area contributed by atoms with Crippen molar-refractivity contribution in [1.82, 2.24) is 4.98 Å². The van der Waals surface area contributed by atoms with Crippen LogP contribution in [0.1, 0.15) is 167 Å². The van der Waals surface area contributed by atoms with Crippen molar-refractivity contribution in [2.24, 2.45) is 0 Å². The molecule has 1 N–H and O–H groups in total. The molecule has 0 saturated carbocycles. The second-order valence-corrected chi connectivity index (χ2v) is 9.76. The topological polar surface area (TPSA) is 19.7 Å². The number of rotatable bonds is 21. The molecule has 2 unspecified atom stereocenters. The van der Waals surface area contributed by atoms with E-state index >= 15 is 0 Å². The number of aromatic nitrogens is 2. The lowest BCUT2D eigenvalue weighted by Crippen LogP contribution is -2.41. The van der Waals surface area contributed by atoms with E-state index in [-0.39, 0.29) is 0 Å². The van der Waals surface area contributed by atoms with Crippen LogP contribution in [-0.2, 0) is 0 Å². The normalized spacial score (nSPS) is 13.6. The zero-order valence-corrected chi connectivity index (χ0v) is 21.2. The van der Waals surface area contributed by atoms with Crippen LogP contribution in [-0.4, -0.2) is 4.98 Å². The quantitative estimate of drug-likeness (QED) is 0.151. The van der Waals surface area contributed by atoms with Crippen molar-refractivity contribution >= 4 is 0 Å². The van der Waals surface area contributed by atoms with E-state index in [1.54, 1.807) is 0 Å². The van der Waals surface area contributed by atoms with Crippen LogP contribution in [0.4, 0.5) is 0 Å². The molecule has 0 aliphatic rings. The van der Waals surface area contributed by atoms with Gasteiger partial charge in [-0.15, -0.1) is 0 Å². The maximum absolute atomic E-state index is 3.65. The Labute approximate surface area is 189 Å². The van der Waals surface area contributed by atoms with Gasteiger partial charge in [-0.2, -0.15) is 0 Å². The number of imidazole rings is 1. The average Bonchev–Trinajstić information content (AvgIpc) is 3.24. The van der Waals surface area contributed by atoms with E-state index in [1.807, 2.05) is 0 Å². The number of nitrogens with one attached hydrogen (secondary N) is 1. The van der Waals surface area contributed by atoms with Crippen LogP contribution >= 0.6 is 0 Å². The first kappa shape index (κ1) is 27.2. The van der Waals surface area contributed by atoms with Crippen LogP contribution in [0.15, 0.2) is 12.4 Å². The van der Waals surface area contributed by atoms with Crippen molar-refractivity contribution in [3.8, 4) is 0 Å². The van der Waals surface area contributed by atoms with Crippen molar-refractivity contribution in [3.63, 3.8) is 0 Å². The van der Waals surface area contributed by atoms with Crippen molar-refractivity contribution in [1.29, 1.82) is 0 Å². The van der Waals surface area contributed by atoms with Crippen LogP contribution in [0.3, 0.4) is 0 Å². The molecule has 0 amide bonds. The van der Waals surface area contributed by atoms with Gasteiger partial charge in [0.2, 0.25) is 0 Å². The predicted molar refractivity (Wildman–Crippen MR) is 133 cm³/mol. The molecule has 1 aromatic heterocycles. The monoisotopic (exact) mass is 419 g/mol. The molecule has 0 bridgehead atoms. The minimum atomic E-state index is 0.625. The Bertz CT molecular complexity index is 479. The molecular formula is C28H55N2+. The molecular weight excluding hydrogens is 364 g/mol. The molecule has 2 heteroatoms. The van der Waals surface area contributed by atoms with Gasteiger partial charge in [0.1, 0.15) is 12.4 Å². The van der Waals surface area contributed by atoms with Crippen LogP contribution in [0.25, 0.3) is 0 Å². The molecule has 2 nitrogen and oxygen atoms in total. The van der Waals surface area contributed by atoms with E-state index < -0.39 is 0 Å². The summed E-state index contributed by atoms with van der Waals surface area (Å²) in [6, 6.07) is 0.625. The predicted octanol–water partition coefficient (Wildman–Crippen LogP) is 9.42. The van der Waals surface area contributed by atoms with E-state index in [0.29, 0.717) is 12.0 Å². The maximum atomic E-state index is 3.65. The number of nitrogens with zero attached hydrogens (tertiary/aromatic N) is 1. The molecule has 0 saturated heterocycles. The second-order valence-electron chi connectivity index (χ2n) is 9.76. The zero-order valence-electron chi connectivity index (χ0n) is 21.2. The third kappa shape index (κ3) is 12.2. The van der Waals surface area contributed by atoms with E-state index in [9.17, 15) is 0 Å². The van der Waals surface area contributed by atoms with Gasteiger partial charge in [-0.05, 0) is 32.6 Å². The minimum Gasteiger partial charge on any atom is -0.247 e. The van der Waals surface area contributed by atoms with E-state index in [1.165, 1.54) is 128 Å². The molecule has 0 aliphatic carbocycles. The summed E-state index contributed by atoms with van der Waals surface area (Å²) in [4.78, 5) is 3.65. The van der Waals surface area contributed by atoms with E-state index in [2.05, 4.69) is 49.6 Å². The van der Waals surface area contributed by atoms with Gasteiger partial charge in [-0.25, -0.2) is 9.55 Å². The lowest BCUT2D eigenvalue weighted by Gasteiger charge is -2.17. The van der Waals surface area contributed by atoms with Crippen LogP contribution in [0.2, 0.25) is 0 Å². The van der Waals surface area contributed by atoms with E-state index in [4.69, 9.17) is 0 Å². The molecule has 0 fully saturated rings. The van der Waals surface area contributed by atoms with Crippen LogP contribution < -0.4 is 4.57 Å². The summed E-state index contributed by atoms with van der Waals surface area (Å²) >= 11 is 0. The fourth-order valence-electron chi connectivity index (χ4n) is 4.84. The summed E-state index contributed by atoms with van der Waals surface area (Å²) in [6.45, 7) is 9.36. The van der Waals surface area contributed by atoms with Crippen LogP contribution in [0.5, 0.6) is 0 Å². The average molecular weight is 420 g/mol. The Hall–Kier alpha value is -0.790. The summed E-state index contributed by atoms with van der Waals surface area (Å²) in [7, 11) is 0. The summed E-state index contributed by atoms with van der Waals surface area (Å²) < 4.78 is 2.58. The Morgan fingerprint density at radius 3 is 1.67 bits per heavy atom. The minimum absolute atomic E-state index is 0.625. The lowest BCUT2D eigenvalue weighted by molar-refractivity contribution is -0.727. The highest BCUT2D eigenvalue weighted by atomic mass is 15.1. The summed E-state index contributed by atoms with van der Waals surface area (Å²) in [5.41, 5.74) is 0. The first-order valence-electron chi connectivity index (χ1n) is 13.8. The van der Waals surface area contributed by atoms with Crippen molar-refractivity contribution in [2.75, 3.05) is 0 Å². The summed E-state index contributed by atoms with van der Waals surface area (Å²) in [5.74, 6) is 2.22. The number of H-pyrrole nitrogens is 1. The Kier molecular flexibility index (Phi) is 17.2. The van der Waals surface area contributed by atoms with Crippen molar-refractivity contribution < 1.29 is 4.57 Å². The third-order valence-electron chi connectivity index (χ3n) is 6.89. The van der Waals surface area contributed by atoms with Gasteiger partial charge in [0.05, 0.1) is 12.0 Å². The lowest BCUT2D eigenvalue weighted by atomic mass is 9.93. The van der Waals surface area contributed by atoms with Gasteiger partial charge in [0.15, 0.2) is 0 Å². The van der Waals surface area contributed by atoms with Gasteiger partial charge in [0.25, 0.3) is 5.82 Å². The van der Waals surface area contributed by atoms with Crippen molar-refractivity contribution in [3.05, 3.63) is 18.2 Å². The molecule has 0 aromatic carbocycles. The fraction of sp³-hybridized carbons (Fsp3) is 0.893. The highest BCUT2D eigenvalue weighted by Crippen LogP contribution is 2.26. The SMILES string of the molecule is CCCCCCCCCCCC(C)[n+]1cc[nH]c1C(CCCCC)CCCCCC. The van der Waals surface area contributed by atoms with Gasteiger partial charge in [0, 0.05) is 0 Å². The Morgan fingerprint density at radius 2 is 1.07 bits per heavy atom. The molecule has 0 spiro atoms. The third-order valence-corrected chi connectivity index (χ3v) is 6.89. The highest BCUT2D eigenvalue weighted by Gasteiger charge is 2.25. The molecule has 0 aliphatic heterocycles. The molecule has 2 atom stereocenters. The number of aromatic amines is 1. The molecule has 1 aromatic rings. The molecule has 0 radical (unpaired) electrons.